The summed E-state index contributed by atoms with van der Waals surface area (Å²) in [6, 6.07) is 1.82. The first-order chi connectivity index (χ1) is 10.7. The smallest absolute Gasteiger partial charge is 0.248 e. The lowest BCUT2D eigenvalue weighted by atomic mass is 10.0. The van der Waals surface area contributed by atoms with Gasteiger partial charge in [-0.1, -0.05) is 13.8 Å². The highest BCUT2D eigenvalue weighted by molar-refractivity contribution is 5.81. The van der Waals surface area contributed by atoms with Crippen molar-refractivity contribution in [2.45, 2.75) is 45.3 Å². The van der Waals surface area contributed by atoms with Crippen molar-refractivity contribution in [3.05, 3.63) is 31.1 Å². The van der Waals surface area contributed by atoms with E-state index in [1.54, 1.807) is 17.2 Å². The van der Waals surface area contributed by atoms with E-state index in [9.17, 15) is 4.79 Å². The summed E-state index contributed by atoms with van der Waals surface area (Å²) < 4.78 is 3.58. The molecule has 118 valence electrons. The second-order valence-electron chi connectivity index (χ2n) is 6.12. The number of rotatable bonds is 5. The van der Waals surface area contributed by atoms with E-state index in [-0.39, 0.29) is 23.9 Å². The Morgan fingerprint density at radius 3 is 2.86 bits per heavy atom. The number of amides is 1. The SMILES string of the molecule is CC(C)[C@@H](C(=O)N1CCC[C@@H]1Cn1cccn1)n1cncn1. The zero-order chi connectivity index (χ0) is 15.5. The van der Waals surface area contributed by atoms with Crippen LogP contribution in [0.2, 0.25) is 0 Å². The molecule has 1 fully saturated rings. The van der Waals surface area contributed by atoms with Crippen molar-refractivity contribution in [3.63, 3.8) is 0 Å². The number of carbonyl (C=O) groups excluding carboxylic acids is 1. The largest absolute Gasteiger partial charge is 0.336 e. The summed E-state index contributed by atoms with van der Waals surface area (Å²) in [5, 5.41) is 8.43. The van der Waals surface area contributed by atoms with Crippen LogP contribution in [0.25, 0.3) is 0 Å². The molecule has 0 unspecified atom stereocenters. The fourth-order valence-electron chi connectivity index (χ4n) is 3.17. The number of nitrogens with zero attached hydrogens (tertiary/aromatic N) is 6. The molecule has 0 N–H and O–H groups in total. The Balaban J connectivity index is 1.77. The van der Waals surface area contributed by atoms with Gasteiger partial charge in [0.25, 0.3) is 0 Å². The van der Waals surface area contributed by atoms with Crippen LogP contribution in [0.5, 0.6) is 0 Å². The molecule has 3 rings (SSSR count). The lowest BCUT2D eigenvalue weighted by Gasteiger charge is -2.30. The highest BCUT2D eigenvalue weighted by Crippen LogP contribution is 2.26. The molecule has 2 aromatic rings. The van der Waals surface area contributed by atoms with E-state index in [1.807, 2.05) is 35.7 Å². The minimum absolute atomic E-state index is 0.134. The summed E-state index contributed by atoms with van der Waals surface area (Å²) in [5.41, 5.74) is 0. The maximum absolute atomic E-state index is 13.0. The molecule has 22 heavy (non-hydrogen) atoms. The molecule has 0 bridgehead atoms. The molecule has 2 atom stereocenters. The second kappa shape index (κ2) is 6.29. The Morgan fingerprint density at radius 1 is 1.36 bits per heavy atom. The third kappa shape index (κ3) is 2.88. The topological polar surface area (TPSA) is 68.8 Å². The monoisotopic (exact) mass is 302 g/mol. The number of hydrogen-bond donors (Lipinski definition) is 0. The first-order valence-electron chi connectivity index (χ1n) is 7.79. The Hall–Kier alpha value is -2.18. The highest BCUT2D eigenvalue weighted by atomic mass is 16.2. The van der Waals surface area contributed by atoms with Gasteiger partial charge >= 0.3 is 0 Å². The molecular formula is C15H22N6O. The number of likely N-dealkylation sites (tertiary alicyclic amines) is 1. The highest BCUT2D eigenvalue weighted by Gasteiger charge is 2.35. The van der Waals surface area contributed by atoms with Crippen LogP contribution >= 0.6 is 0 Å². The predicted molar refractivity (Wildman–Crippen MR) is 80.9 cm³/mol. The zero-order valence-electron chi connectivity index (χ0n) is 13.0. The lowest BCUT2D eigenvalue weighted by molar-refractivity contribution is -0.137. The van der Waals surface area contributed by atoms with Gasteiger partial charge in [0.15, 0.2) is 0 Å². The van der Waals surface area contributed by atoms with E-state index < -0.39 is 0 Å². The van der Waals surface area contributed by atoms with Gasteiger partial charge in [-0.05, 0) is 24.8 Å². The molecular weight excluding hydrogens is 280 g/mol. The Labute approximate surface area is 129 Å². The van der Waals surface area contributed by atoms with Crippen LogP contribution in [0.15, 0.2) is 31.1 Å². The molecule has 0 aliphatic carbocycles. The molecule has 1 aliphatic heterocycles. The molecule has 0 spiro atoms. The number of hydrogen-bond acceptors (Lipinski definition) is 4. The maximum Gasteiger partial charge on any atom is 0.248 e. The van der Waals surface area contributed by atoms with Crippen LogP contribution in [-0.4, -0.2) is 47.9 Å². The lowest BCUT2D eigenvalue weighted by Crippen LogP contribution is -2.44. The van der Waals surface area contributed by atoms with Gasteiger partial charge in [-0.2, -0.15) is 10.2 Å². The minimum Gasteiger partial charge on any atom is -0.336 e. The molecule has 1 saturated heterocycles. The van der Waals surface area contributed by atoms with Crippen molar-refractivity contribution in [2.75, 3.05) is 6.54 Å². The van der Waals surface area contributed by atoms with Gasteiger partial charge in [-0.3, -0.25) is 9.48 Å². The standard InChI is InChI=1S/C15H22N6O/c1-12(2)14(21-11-16-10-18-21)15(22)20-8-3-5-13(20)9-19-7-4-6-17-19/h4,6-7,10-14H,3,5,8-9H2,1-2H3/t13-,14+/m1/s1. The molecule has 0 aromatic carbocycles. The van der Waals surface area contributed by atoms with Crippen molar-refractivity contribution in [2.24, 2.45) is 5.92 Å². The van der Waals surface area contributed by atoms with E-state index in [1.165, 1.54) is 6.33 Å². The van der Waals surface area contributed by atoms with Crippen LogP contribution < -0.4 is 0 Å². The first kappa shape index (κ1) is 14.7. The number of carbonyl (C=O) groups is 1. The van der Waals surface area contributed by atoms with Crippen LogP contribution in [0.3, 0.4) is 0 Å². The van der Waals surface area contributed by atoms with Crippen LogP contribution in [-0.2, 0) is 11.3 Å². The van der Waals surface area contributed by atoms with Crippen molar-refractivity contribution < 1.29 is 4.79 Å². The predicted octanol–water partition coefficient (Wildman–Crippen LogP) is 1.36. The Morgan fingerprint density at radius 2 is 2.23 bits per heavy atom. The molecule has 0 radical (unpaired) electrons. The van der Waals surface area contributed by atoms with E-state index >= 15 is 0 Å². The summed E-state index contributed by atoms with van der Waals surface area (Å²) >= 11 is 0. The molecule has 1 aliphatic rings. The molecule has 0 saturated carbocycles. The van der Waals surface area contributed by atoms with Crippen LogP contribution in [0.1, 0.15) is 32.7 Å². The van der Waals surface area contributed by atoms with Gasteiger partial charge in [0.1, 0.15) is 18.7 Å². The van der Waals surface area contributed by atoms with E-state index in [0.717, 1.165) is 25.9 Å². The molecule has 7 heteroatoms. The van der Waals surface area contributed by atoms with Gasteiger partial charge < -0.3 is 4.90 Å². The average molecular weight is 302 g/mol. The van der Waals surface area contributed by atoms with Crippen LogP contribution in [0, 0.1) is 5.92 Å². The fraction of sp³-hybridized carbons (Fsp3) is 0.600. The quantitative estimate of drug-likeness (QED) is 0.836. The Kier molecular flexibility index (Phi) is 4.22. The third-order valence-electron chi connectivity index (χ3n) is 4.22. The van der Waals surface area contributed by atoms with Gasteiger partial charge in [0.2, 0.25) is 5.91 Å². The van der Waals surface area contributed by atoms with E-state index in [4.69, 9.17) is 0 Å². The minimum atomic E-state index is -0.291. The summed E-state index contributed by atoms with van der Waals surface area (Å²) in [5.74, 6) is 0.301. The van der Waals surface area contributed by atoms with Gasteiger partial charge in [-0.25, -0.2) is 9.67 Å². The normalized spacial score (nSPS) is 19.8. The van der Waals surface area contributed by atoms with Crippen molar-refractivity contribution in [1.29, 1.82) is 0 Å². The zero-order valence-corrected chi connectivity index (χ0v) is 13.0. The molecule has 2 aromatic heterocycles. The van der Waals surface area contributed by atoms with Gasteiger partial charge in [0, 0.05) is 18.9 Å². The van der Waals surface area contributed by atoms with Gasteiger partial charge in [-0.15, -0.1) is 0 Å². The van der Waals surface area contributed by atoms with Crippen molar-refractivity contribution in [1.82, 2.24) is 29.4 Å². The van der Waals surface area contributed by atoms with Gasteiger partial charge in [0.05, 0.1) is 12.6 Å². The summed E-state index contributed by atoms with van der Waals surface area (Å²) in [4.78, 5) is 19.0. The van der Waals surface area contributed by atoms with Crippen molar-refractivity contribution in [3.8, 4) is 0 Å². The summed E-state index contributed by atoms with van der Waals surface area (Å²) in [6.07, 6.45) is 8.88. The first-order valence-corrected chi connectivity index (χ1v) is 7.79. The summed E-state index contributed by atoms with van der Waals surface area (Å²) in [6.45, 7) is 5.65. The van der Waals surface area contributed by atoms with Crippen LogP contribution in [0.4, 0.5) is 0 Å². The van der Waals surface area contributed by atoms with E-state index in [0.29, 0.717) is 0 Å². The Bertz CT molecular complexity index is 592. The van der Waals surface area contributed by atoms with Crippen molar-refractivity contribution >= 4 is 5.91 Å². The maximum atomic E-state index is 13.0. The third-order valence-corrected chi connectivity index (χ3v) is 4.22. The molecule has 1 amide bonds. The number of aromatic nitrogens is 5. The summed E-state index contributed by atoms with van der Waals surface area (Å²) in [7, 11) is 0. The average Bonchev–Trinajstić information content (AvgIpc) is 3.19. The molecule has 7 nitrogen and oxygen atoms in total. The fourth-order valence-corrected chi connectivity index (χ4v) is 3.17. The molecule has 3 heterocycles. The second-order valence-corrected chi connectivity index (χ2v) is 6.12. The van der Waals surface area contributed by atoms with E-state index in [2.05, 4.69) is 15.2 Å².